The summed E-state index contributed by atoms with van der Waals surface area (Å²) < 4.78 is 5.29. The summed E-state index contributed by atoms with van der Waals surface area (Å²) in [6.45, 7) is 2.23. The van der Waals surface area contributed by atoms with Gasteiger partial charge in [0.15, 0.2) is 6.61 Å². The third-order valence-corrected chi connectivity index (χ3v) is 4.39. The summed E-state index contributed by atoms with van der Waals surface area (Å²) in [5, 5.41) is 8.37. The van der Waals surface area contributed by atoms with Crippen LogP contribution in [-0.2, 0) is 14.4 Å². The van der Waals surface area contributed by atoms with E-state index in [4.69, 9.17) is 16.3 Å². The number of rotatable bonds is 5. The number of fused-ring (bicyclic) bond motifs is 1. The highest BCUT2D eigenvalue weighted by atomic mass is 35.5. The van der Waals surface area contributed by atoms with Gasteiger partial charge < -0.3 is 20.7 Å². The number of ether oxygens (including phenoxy) is 1. The standard InChI is InChI=1S/C16H18ClN3O4/c1-8-4-9(8)16(23)18-3-2-14(21)19-11-6-13-12(5-10(11)17)20-15(22)7-24-13/h5-6,8-9H,2-4,7H2,1H3,(H,18,23)(H,19,21)(H,20,22)/t8-,9+/m1/s1. The zero-order valence-corrected chi connectivity index (χ0v) is 13.9. The van der Waals surface area contributed by atoms with Crippen LogP contribution in [0.25, 0.3) is 0 Å². The Morgan fingerprint density at radius 2 is 2.17 bits per heavy atom. The van der Waals surface area contributed by atoms with E-state index in [0.29, 0.717) is 28.1 Å². The Kier molecular flexibility index (Phi) is 4.62. The molecule has 0 bridgehead atoms. The van der Waals surface area contributed by atoms with Crippen molar-refractivity contribution in [1.82, 2.24) is 5.32 Å². The van der Waals surface area contributed by atoms with Crippen LogP contribution >= 0.6 is 11.6 Å². The van der Waals surface area contributed by atoms with Gasteiger partial charge in [0.05, 0.1) is 16.4 Å². The first-order chi connectivity index (χ1) is 11.4. The number of hydrogen-bond acceptors (Lipinski definition) is 4. The zero-order chi connectivity index (χ0) is 17.3. The van der Waals surface area contributed by atoms with Crippen molar-refractivity contribution in [2.45, 2.75) is 19.8 Å². The van der Waals surface area contributed by atoms with Crippen LogP contribution in [0.5, 0.6) is 5.75 Å². The van der Waals surface area contributed by atoms with Crippen LogP contribution in [0, 0.1) is 11.8 Å². The maximum Gasteiger partial charge on any atom is 0.262 e. The molecule has 2 aliphatic rings. The molecule has 24 heavy (non-hydrogen) atoms. The number of amides is 3. The lowest BCUT2D eigenvalue weighted by Gasteiger charge is -2.19. The van der Waals surface area contributed by atoms with E-state index in [1.54, 1.807) is 6.07 Å². The van der Waals surface area contributed by atoms with Crippen molar-refractivity contribution in [2.24, 2.45) is 11.8 Å². The van der Waals surface area contributed by atoms with E-state index in [9.17, 15) is 14.4 Å². The van der Waals surface area contributed by atoms with Gasteiger partial charge in [-0.15, -0.1) is 0 Å². The molecular formula is C16H18ClN3O4. The fourth-order valence-electron chi connectivity index (χ4n) is 2.53. The molecule has 2 atom stereocenters. The highest BCUT2D eigenvalue weighted by molar-refractivity contribution is 6.34. The molecule has 1 aromatic rings. The van der Waals surface area contributed by atoms with Crippen molar-refractivity contribution in [3.8, 4) is 5.75 Å². The fraction of sp³-hybridized carbons (Fsp3) is 0.438. The molecular weight excluding hydrogens is 334 g/mol. The fourth-order valence-corrected chi connectivity index (χ4v) is 2.74. The lowest BCUT2D eigenvalue weighted by Crippen LogP contribution is -2.29. The normalized spacial score (nSPS) is 21.2. The van der Waals surface area contributed by atoms with E-state index in [2.05, 4.69) is 16.0 Å². The average Bonchev–Trinajstić information content (AvgIpc) is 3.25. The van der Waals surface area contributed by atoms with E-state index in [0.717, 1.165) is 6.42 Å². The number of carbonyl (C=O) groups excluding carboxylic acids is 3. The average molecular weight is 352 g/mol. The number of carbonyl (C=O) groups is 3. The first-order valence-electron chi connectivity index (χ1n) is 7.78. The molecule has 1 saturated carbocycles. The predicted molar refractivity (Wildman–Crippen MR) is 89.1 cm³/mol. The van der Waals surface area contributed by atoms with E-state index >= 15 is 0 Å². The van der Waals surface area contributed by atoms with Crippen molar-refractivity contribution in [3.63, 3.8) is 0 Å². The summed E-state index contributed by atoms with van der Waals surface area (Å²) in [4.78, 5) is 34.9. The maximum absolute atomic E-state index is 12.0. The molecule has 0 aromatic heterocycles. The molecule has 3 amide bonds. The summed E-state index contributed by atoms with van der Waals surface area (Å²) in [6, 6.07) is 3.10. The predicted octanol–water partition coefficient (Wildman–Crippen LogP) is 1.77. The Morgan fingerprint density at radius 3 is 2.88 bits per heavy atom. The summed E-state index contributed by atoms with van der Waals surface area (Å²) in [5.41, 5.74) is 0.874. The van der Waals surface area contributed by atoms with Crippen LogP contribution in [0.15, 0.2) is 12.1 Å². The Labute approximate surface area is 144 Å². The van der Waals surface area contributed by atoms with E-state index < -0.39 is 0 Å². The summed E-state index contributed by atoms with van der Waals surface area (Å²) >= 11 is 6.11. The van der Waals surface area contributed by atoms with Crippen molar-refractivity contribution < 1.29 is 19.1 Å². The molecule has 0 radical (unpaired) electrons. The van der Waals surface area contributed by atoms with Gasteiger partial charge in [-0.25, -0.2) is 0 Å². The topological polar surface area (TPSA) is 96.5 Å². The number of anilines is 2. The highest BCUT2D eigenvalue weighted by Crippen LogP contribution is 2.38. The van der Waals surface area contributed by atoms with Crippen molar-refractivity contribution in [2.75, 3.05) is 23.8 Å². The van der Waals surface area contributed by atoms with Gasteiger partial charge in [0.1, 0.15) is 5.75 Å². The van der Waals surface area contributed by atoms with Crippen LogP contribution in [0.1, 0.15) is 19.8 Å². The van der Waals surface area contributed by atoms with Gasteiger partial charge in [0.25, 0.3) is 5.91 Å². The molecule has 8 heteroatoms. The van der Waals surface area contributed by atoms with Gasteiger partial charge in [-0.05, 0) is 18.4 Å². The molecule has 7 nitrogen and oxygen atoms in total. The van der Waals surface area contributed by atoms with Crippen molar-refractivity contribution in [1.29, 1.82) is 0 Å². The molecule has 1 aliphatic heterocycles. The highest BCUT2D eigenvalue weighted by Gasteiger charge is 2.38. The second-order valence-electron chi connectivity index (χ2n) is 6.07. The van der Waals surface area contributed by atoms with Crippen LogP contribution < -0.4 is 20.7 Å². The molecule has 1 heterocycles. The van der Waals surface area contributed by atoms with Gasteiger partial charge in [0.2, 0.25) is 11.8 Å². The van der Waals surface area contributed by atoms with Crippen molar-refractivity contribution in [3.05, 3.63) is 17.2 Å². The molecule has 1 aromatic carbocycles. The number of hydrogen-bond donors (Lipinski definition) is 3. The van der Waals surface area contributed by atoms with Gasteiger partial charge in [0, 0.05) is 24.9 Å². The lowest BCUT2D eigenvalue weighted by atomic mass is 10.2. The van der Waals surface area contributed by atoms with Crippen LogP contribution in [0.4, 0.5) is 11.4 Å². The van der Waals surface area contributed by atoms with E-state index in [-0.39, 0.29) is 43.2 Å². The molecule has 1 aliphatic carbocycles. The summed E-state index contributed by atoms with van der Waals surface area (Å²) in [5.74, 6) is 0.470. The lowest BCUT2D eigenvalue weighted by molar-refractivity contribution is -0.122. The van der Waals surface area contributed by atoms with Crippen LogP contribution in [0.3, 0.4) is 0 Å². The van der Waals surface area contributed by atoms with Gasteiger partial charge in [-0.2, -0.15) is 0 Å². The van der Waals surface area contributed by atoms with Crippen molar-refractivity contribution >= 4 is 40.7 Å². The first kappa shape index (κ1) is 16.6. The van der Waals surface area contributed by atoms with Crippen LogP contribution in [0.2, 0.25) is 5.02 Å². The second-order valence-corrected chi connectivity index (χ2v) is 6.48. The van der Waals surface area contributed by atoms with Gasteiger partial charge in [-0.3, -0.25) is 14.4 Å². The molecule has 3 N–H and O–H groups in total. The second kappa shape index (κ2) is 6.68. The Morgan fingerprint density at radius 1 is 1.42 bits per heavy atom. The number of benzene rings is 1. The minimum atomic E-state index is -0.263. The minimum absolute atomic E-state index is 0.00579. The largest absolute Gasteiger partial charge is 0.482 e. The van der Waals surface area contributed by atoms with Crippen LogP contribution in [-0.4, -0.2) is 30.9 Å². The molecule has 1 fully saturated rings. The van der Waals surface area contributed by atoms with E-state index in [1.165, 1.54) is 6.07 Å². The summed E-state index contributed by atoms with van der Waals surface area (Å²) in [6.07, 6.45) is 1.07. The Hall–Kier alpha value is -2.28. The Balaban J connectivity index is 1.52. The smallest absolute Gasteiger partial charge is 0.262 e. The summed E-state index contributed by atoms with van der Waals surface area (Å²) in [7, 11) is 0. The first-order valence-corrected chi connectivity index (χ1v) is 8.15. The molecule has 0 spiro atoms. The third-order valence-electron chi connectivity index (χ3n) is 4.07. The molecule has 0 saturated heterocycles. The SMILES string of the molecule is C[C@@H]1C[C@@H]1C(=O)NCCC(=O)Nc1cc2c(cc1Cl)NC(=O)CO2. The minimum Gasteiger partial charge on any atom is -0.482 e. The van der Waals surface area contributed by atoms with Gasteiger partial charge in [-0.1, -0.05) is 18.5 Å². The monoisotopic (exact) mass is 351 g/mol. The number of halogens is 1. The third kappa shape index (κ3) is 3.79. The Bertz CT molecular complexity index is 707. The molecule has 3 rings (SSSR count). The maximum atomic E-state index is 12.0. The zero-order valence-electron chi connectivity index (χ0n) is 13.1. The quantitative estimate of drug-likeness (QED) is 0.753. The molecule has 128 valence electrons. The van der Waals surface area contributed by atoms with Gasteiger partial charge >= 0.3 is 0 Å². The number of nitrogens with one attached hydrogen (secondary N) is 3. The molecule has 0 unspecified atom stereocenters. The van der Waals surface area contributed by atoms with E-state index in [1.807, 2.05) is 6.92 Å².